The molecule has 3 aromatic carbocycles. The van der Waals surface area contributed by atoms with Gasteiger partial charge in [-0.15, -0.1) is 0 Å². The van der Waals surface area contributed by atoms with Gasteiger partial charge in [0.2, 0.25) is 0 Å². The molecular weight excluding hydrogens is 384 g/mol. The molecule has 0 bridgehead atoms. The number of nitriles is 1. The van der Waals surface area contributed by atoms with Crippen molar-refractivity contribution in [1.82, 2.24) is 9.55 Å². The van der Waals surface area contributed by atoms with Gasteiger partial charge >= 0.3 is 0 Å². The third-order valence-corrected chi connectivity index (χ3v) is 4.71. The van der Waals surface area contributed by atoms with Crippen LogP contribution in [0.25, 0.3) is 16.6 Å². The molecule has 140 valence electrons. The van der Waals surface area contributed by atoms with E-state index in [1.54, 1.807) is 54.6 Å². The highest BCUT2D eigenvalue weighted by atomic mass is 32.1. The zero-order valence-electron chi connectivity index (χ0n) is 15.0. The molecule has 2 N–H and O–H groups in total. The Labute approximate surface area is 170 Å². The number of aromatic amines is 1. The van der Waals surface area contributed by atoms with Gasteiger partial charge in [-0.05, 0) is 60.7 Å². The highest BCUT2D eigenvalue weighted by Crippen LogP contribution is 2.16. The lowest BCUT2D eigenvalue weighted by atomic mass is 10.1. The van der Waals surface area contributed by atoms with Crippen molar-refractivity contribution < 1.29 is 4.79 Å². The Balaban J connectivity index is 1.73. The number of aromatic nitrogens is 2. The van der Waals surface area contributed by atoms with Crippen LogP contribution in [0.15, 0.2) is 77.6 Å². The quantitative estimate of drug-likeness (QED) is 0.507. The van der Waals surface area contributed by atoms with Crippen molar-refractivity contribution in [2.24, 2.45) is 0 Å². The van der Waals surface area contributed by atoms with Gasteiger partial charge in [-0.25, -0.2) is 0 Å². The predicted octanol–water partition coefficient (Wildman–Crippen LogP) is 4.17. The van der Waals surface area contributed by atoms with E-state index < -0.39 is 0 Å². The van der Waals surface area contributed by atoms with Crippen LogP contribution in [0.3, 0.4) is 0 Å². The molecule has 1 aromatic heterocycles. The first-order chi connectivity index (χ1) is 14.1. The Morgan fingerprint density at radius 3 is 2.59 bits per heavy atom. The second-order valence-corrected chi connectivity index (χ2v) is 6.70. The lowest BCUT2D eigenvalue weighted by molar-refractivity contribution is 0.102. The van der Waals surface area contributed by atoms with Gasteiger partial charge in [0.1, 0.15) is 0 Å². The molecule has 4 rings (SSSR count). The molecule has 1 heterocycles. The van der Waals surface area contributed by atoms with Crippen LogP contribution >= 0.6 is 12.2 Å². The van der Waals surface area contributed by atoms with Crippen LogP contribution in [0.4, 0.5) is 5.69 Å². The minimum absolute atomic E-state index is 0.243. The Bertz CT molecular complexity index is 1400. The summed E-state index contributed by atoms with van der Waals surface area (Å²) in [6.45, 7) is 0. The van der Waals surface area contributed by atoms with Crippen molar-refractivity contribution in [2.45, 2.75) is 0 Å². The van der Waals surface area contributed by atoms with Crippen molar-refractivity contribution in [1.29, 1.82) is 5.26 Å². The number of hydrogen-bond donors (Lipinski definition) is 2. The lowest BCUT2D eigenvalue weighted by Crippen LogP contribution is -2.21. The first-order valence-electron chi connectivity index (χ1n) is 8.73. The number of nitrogens with one attached hydrogen (secondary N) is 2. The lowest BCUT2D eigenvalue weighted by Gasteiger charge is -2.10. The van der Waals surface area contributed by atoms with E-state index in [0.717, 1.165) is 0 Å². The number of nitrogens with zero attached hydrogens (tertiary/aromatic N) is 2. The van der Waals surface area contributed by atoms with Crippen molar-refractivity contribution in [3.8, 4) is 11.8 Å². The third kappa shape index (κ3) is 3.57. The zero-order valence-corrected chi connectivity index (χ0v) is 15.9. The average molecular weight is 398 g/mol. The highest BCUT2D eigenvalue weighted by molar-refractivity contribution is 7.71. The minimum atomic E-state index is -0.353. The molecule has 1 amide bonds. The van der Waals surface area contributed by atoms with E-state index in [2.05, 4.69) is 10.3 Å². The summed E-state index contributed by atoms with van der Waals surface area (Å²) in [5.41, 5.74) is 2.21. The highest BCUT2D eigenvalue weighted by Gasteiger charge is 2.12. The maximum Gasteiger partial charge on any atom is 0.266 e. The third-order valence-electron chi connectivity index (χ3n) is 4.42. The van der Waals surface area contributed by atoms with Gasteiger partial charge in [0.15, 0.2) is 4.77 Å². The number of para-hydroxylation sites is 1. The van der Waals surface area contributed by atoms with Crippen molar-refractivity contribution in [3.63, 3.8) is 0 Å². The van der Waals surface area contributed by atoms with E-state index in [1.165, 1.54) is 4.57 Å². The van der Waals surface area contributed by atoms with E-state index in [9.17, 15) is 9.59 Å². The maximum absolute atomic E-state index is 12.9. The molecule has 0 radical (unpaired) electrons. The molecule has 4 aromatic rings. The summed E-state index contributed by atoms with van der Waals surface area (Å²) >= 11 is 5.37. The summed E-state index contributed by atoms with van der Waals surface area (Å²) in [6, 6.07) is 22.6. The van der Waals surface area contributed by atoms with Gasteiger partial charge < -0.3 is 10.3 Å². The van der Waals surface area contributed by atoms with Gasteiger partial charge in [-0.3, -0.25) is 14.2 Å². The second-order valence-electron chi connectivity index (χ2n) is 6.31. The molecule has 0 fully saturated rings. The Kier molecular flexibility index (Phi) is 4.77. The fraction of sp³-hybridized carbons (Fsp3) is 0. The number of benzene rings is 3. The molecule has 0 aliphatic carbocycles. The number of carbonyl (C=O) groups is 1. The van der Waals surface area contributed by atoms with E-state index in [-0.39, 0.29) is 16.2 Å². The fourth-order valence-corrected chi connectivity index (χ4v) is 3.34. The Morgan fingerprint density at radius 2 is 1.83 bits per heavy atom. The van der Waals surface area contributed by atoms with Crippen LogP contribution in [0, 0.1) is 16.1 Å². The van der Waals surface area contributed by atoms with Crippen molar-refractivity contribution in [3.05, 3.63) is 99.0 Å². The van der Waals surface area contributed by atoms with Crippen molar-refractivity contribution in [2.75, 3.05) is 5.32 Å². The number of amides is 1. The molecule has 29 heavy (non-hydrogen) atoms. The standard InChI is InChI=1S/C22H14N4O2S/c23-13-14-5-4-6-16(11-14)24-20(27)15-9-10-18-19(12-15)25-22(29)26(21(18)28)17-7-2-1-3-8-17/h1-12H,(H,24,27)(H,25,29). The number of rotatable bonds is 3. The van der Waals surface area contributed by atoms with Gasteiger partial charge in [0.25, 0.3) is 11.5 Å². The molecular formula is C22H14N4O2S. The number of fused-ring (bicyclic) bond motifs is 1. The summed E-state index contributed by atoms with van der Waals surface area (Å²) in [7, 11) is 0. The smallest absolute Gasteiger partial charge is 0.266 e. The summed E-state index contributed by atoms with van der Waals surface area (Å²) in [4.78, 5) is 28.6. The molecule has 0 saturated carbocycles. The van der Waals surface area contributed by atoms with Gasteiger partial charge in [-0.2, -0.15) is 5.26 Å². The summed E-state index contributed by atoms with van der Waals surface area (Å²) in [5, 5.41) is 12.2. The van der Waals surface area contributed by atoms with Crippen LogP contribution in [-0.2, 0) is 0 Å². The van der Waals surface area contributed by atoms with Crippen LogP contribution < -0.4 is 10.9 Å². The first kappa shape index (κ1) is 18.3. The molecule has 6 nitrogen and oxygen atoms in total. The molecule has 0 saturated heterocycles. The maximum atomic E-state index is 12.9. The second kappa shape index (κ2) is 7.54. The number of H-pyrrole nitrogens is 1. The molecule has 0 atom stereocenters. The van der Waals surface area contributed by atoms with E-state index in [4.69, 9.17) is 17.5 Å². The van der Waals surface area contributed by atoms with Crippen LogP contribution in [0.1, 0.15) is 15.9 Å². The summed E-state index contributed by atoms with van der Waals surface area (Å²) in [5.74, 6) is -0.353. The zero-order chi connectivity index (χ0) is 20.4. The topological polar surface area (TPSA) is 90.7 Å². The predicted molar refractivity (Wildman–Crippen MR) is 114 cm³/mol. The SMILES string of the molecule is N#Cc1cccc(NC(=O)c2ccc3c(=O)n(-c4ccccc4)c(=S)[nH]c3c2)c1. The van der Waals surface area contributed by atoms with E-state index in [1.807, 2.05) is 24.3 Å². The fourth-order valence-electron chi connectivity index (χ4n) is 3.04. The summed E-state index contributed by atoms with van der Waals surface area (Å²) < 4.78 is 1.66. The molecule has 7 heteroatoms. The van der Waals surface area contributed by atoms with Crippen LogP contribution in [0.2, 0.25) is 0 Å². The molecule has 0 aliphatic rings. The van der Waals surface area contributed by atoms with Crippen LogP contribution in [0.5, 0.6) is 0 Å². The largest absolute Gasteiger partial charge is 0.331 e. The monoisotopic (exact) mass is 398 g/mol. The number of carbonyl (C=O) groups excluding carboxylic acids is 1. The van der Waals surface area contributed by atoms with Gasteiger partial charge in [0.05, 0.1) is 28.2 Å². The van der Waals surface area contributed by atoms with E-state index >= 15 is 0 Å². The first-order valence-corrected chi connectivity index (χ1v) is 9.14. The van der Waals surface area contributed by atoms with E-state index in [0.29, 0.717) is 33.4 Å². The van der Waals surface area contributed by atoms with Gasteiger partial charge in [-0.1, -0.05) is 24.3 Å². The number of hydrogen-bond acceptors (Lipinski definition) is 4. The van der Waals surface area contributed by atoms with Crippen LogP contribution in [-0.4, -0.2) is 15.5 Å². The molecule has 0 spiro atoms. The minimum Gasteiger partial charge on any atom is -0.331 e. The normalized spacial score (nSPS) is 10.4. The summed E-state index contributed by atoms with van der Waals surface area (Å²) in [6.07, 6.45) is 0. The molecule has 0 unspecified atom stereocenters. The molecule has 0 aliphatic heterocycles. The average Bonchev–Trinajstić information content (AvgIpc) is 2.74. The Morgan fingerprint density at radius 1 is 1.03 bits per heavy atom. The van der Waals surface area contributed by atoms with Crippen molar-refractivity contribution >= 4 is 34.7 Å². The number of anilines is 1. The van der Waals surface area contributed by atoms with Gasteiger partial charge in [0, 0.05) is 11.3 Å². The Hall–Kier alpha value is -4.02.